The van der Waals surface area contributed by atoms with Gasteiger partial charge in [0.05, 0.1) is 0 Å². The molecule has 2 aromatic carbocycles. The van der Waals surface area contributed by atoms with Gasteiger partial charge < -0.3 is 14.7 Å². The highest BCUT2D eigenvalue weighted by molar-refractivity contribution is 5.72. The van der Waals surface area contributed by atoms with Crippen molar-refractivity contribution in [1.82, 2.24) is 14.9 Å². The van der Waals surface area contributed by atoms with Crippen LogP contribution in [0.2, 0.25) is 0 Å². The largest absolute Gasteiger partial charge is 0.353 e. The number of rotatable bonds is 4. The Hall–Kier alpha value is -3.41. The number of piperazine rings is 1. The van der Waals surface area contributed by atoms with E-state index in [0.29, 0.717) is 19.1 Å². The maximum atomic E-state index is 11.1. The fourth-order valence-corrected chi connectivity index (χ4v) is 4.39. The van der Waals surface area contributed by atoms with Gasteiger partial charge in [0, 0.05) is 49.5 Å². The van der Waals surface area contributed by atoms with Gasteiger partial charge in [0.2, 0.25) is 6.41 Å². The lowest BCUT2D eigenvalue weighted by atomic mass is 10.1. The van der Waals surface area contributed by atoms with Crippen LogP contribution >= 0.6 is 0 Å². The lowest BCUT2D eigenvalue weighted by molar-refractivity contribution is -0.118. The van der Waals surface area contributed by atoms with Crippen LogP contribution in [-0.4, -0.2) is 53.5 Å². The Morgan fingerprint density at radius 2 is 1.60 bits per heavy atom. The van der Waals surface area contributed by atoms with E-state index >= 15 is 0 Å². The third-order valence-electron chi connectivity index (χ3n) is 5.97. The highest BCUT2D eigenvalue weighted by atomic mass is 16.1. The summed E-state index contributed by atoms with van der Waals surface area (Å²) in [5.41, 5.74) is 3.58. The number of carbonyl (C=O) groups is 1. The summed E-state index contributed by atoms with van der Waals surface area (Å²) in [6, 6.07) is 21.1. The van der Waals surface area contributed by atoms with E-state index in [2.05, 4.69) is 59.2 Å². The Morgan fingerprint density at radius 1 is 0.900 bits per heavy atom. The van der Waals surface area contributed by atoms with Gasteiger partial charge >= 0.3 is 0 Å². The highest BCUT2D eigenvalue weighted by Crippen LogP contribution is 2.38. The molecule has 0 bridgehead atoms. The lowest BCUT2D eigenvalue weighted by Crippen LogP contribution is -2.46. The second-order valence-electron chi connectivity index (χ2n) is 7.95. The molecule has 1 atom stereocenters. The summed E-state index contributed by atoms with van der Waals surface area (Å²) in [5, 5.41) is 0. The summed E-state index contributed by atoms with van der Waals surface area (Å²) in [6.45, 7) is 5.22. The Bertz CT molecular complexity index is 1050. The molecule has 2 aliphatic rings. The number of benzene rings is 2. The Balaban J connectivity index is 1.58. The first-order valence-electron chi connectivity index (χ1n) is 10.5. The van der Waals surface area contributed by atoms with Gasteiger partial charge in [0.1, 0.15) is 11.6 Å². The van der Waals surface area contributed by atoms with Crippen molar-refractivity contribution < 1.29 is 4.79 Å². The number of nitrogens with zero attached hydrogens (tertiary/aromatic N) is 5. The van der Waals surface area contributed by atoms with E-state index in [1.807, 2.05) is 23.1 Å². The van der Waals surface area contributed by atoms with Gasteiger partial charge in [-0.15, -0.1) is 0 Å². The molecule has 0 N–H and O–H groups in total. The third kappa shape index (κ3) is 3.38. The maximum absolute atomic E-state index is 11.1. The molecule has 3 heterocycles. The highest BCUT2D eigenvalue weighted by Gasteiger charge is 2.29. The van der Waals surface area contributed by atoms with Crippen LogP contribution in [0.4, 0.5) is 17.3 Å². The zero-order valence-corrected chi connectivity index (χ0v) is 17.1. The van der Waals surface area contributed by atoms with Crippen LogP contribution in [-0.2, 0) is 11.2 Å². The minimum absolute atomic E-state index is 0.334. The Labute approximate surface area is 176 Å². The molecule has 1 fully saturated rings. The summed E-state index contributed by atoms with van der Waals surface area (Å²) in [7, 11) is 0. The van der Waals surface area contributed by atoms with E-state index < -0.39 is 0 Å². The van der Waals surface area contributed by atoms with Crippen molar-refractivity contribution in [3.05, 3.63) is 66.2 Å². The quantitative estimate of drug-likeness (QED) is 0.629. The predicted molar refractivity (Wildman–Crippen MR) is 119 cm³/mol. The molecule has 1 unspecified atom stereocenters. The van der Waals surface area contributed by atoms with Crippen molar-refractivity contribution in [2.45, 2.75) is 19.4 Å². The molecule has 0 spiro atoms. The summed E-state index contributed by atoms with van der Waals surface area (Å²) < 4.78 is 0. The first-order valence-corrected chi connectivity index (χ1v) is 10.5. The minimum atomic E-state index is 0.334. The summed E-state index contributed by atoms with van der Waals surface area (Å²) in [6.07, 6.45) is 1.94. The zero-order valence-electron chi connectivity index (χ0n) is 17.1. The normalized spacial score (nSPS) is 18.4. The molecule has 6 nitrogen and oxygen atoms in total. The molecular formula is C24H25N5O. The van der Waals surface area contributed by atoms with Crippen LogP contribution in [0.3, 0.4) is 0 Å². The van der Waals surface area contributed by atoms with Crippen molar-refractivity contribution in [3.8, 4) is 11.4 Å². The summed E-state index contributed by atoms with van der Waals surface area (Å²) in [5.74, 6) is 2.58. The molecule has 30 heavy (non-hydrogen) atoms. The topological polar surface area (TPSA) is 52.6 Å². The van der Waals surface area contributed by atoms with Crippen LogP contribution in [0.15, 0.2) is 60.7 Å². The van der Waals surface area contributed by atoms with Gasteiger partial charge in [0.25, 0.3) is 0 Å². The fourth-order valence-electron chi connectivity index (χ4n) is 4.39. The Morgan fingerprint density at radius 3 is 2.37 bits per heavy atom. The van der Waals surface area contributed by atoms with E-state index in [0.717, 1.165) is 48.9 Å². The van der Waals surface area contributed by atoms with Crippen molar-refractivity contribution in [3.63, 3.8) is 0 Å². The van der Waals surface area contributed by atoms with Crippen molar-refractivity contribution >= 4 is 23.7 Å². The molecule has 3 aromatic rings. The molecule has 0 saturated carbocycles. The van der Waals surface area contributed by atoms with Crippen molar-refractivity contribution in [2.75, 3.05) is 36.0 Å². The molecule has 2 aliphatic heterocycles. The molecule has 5 rings (SSSR count). The number of amides is 1. The van der Waals surface area contributed by atoms with Crippen molar-refractivity contribution in [2.24, 2.45) is 0 Å². The maximum Gasteiger partial charge on any atom is 0.209 e. The summed E-state index contributed by atoms with van der Waals surface area (Å²) >= 11 is 0. The molecule has 1 saturated heterocycles. The van der Waals surface area contributed by atoms with E-state index in [9.17, 15) is 4.79 Å². The van der Waals surface area contributed by atoms with E-state index in [1.54, 1.807) is 0 Å². The average Bonchev–Trinajstić information content (AvgIpc) is 3.15. The van der Waals surface area contributed by atoms with E-state index in [1.165, 1.54) is 11.3 Å². The van der Waals surface area contributed by atoms with Crippen LogP contribution < -0.4 is 9.80 Å². The zero-order chi connectivity index (χ0) is 20.5. The monoisotopic (exact) mass is 399 g/mol. The number of hydrogen-bond donors (Lipinski definition) is 0. The van der Waals surface area contributed by atoms with Crippen molar-refractivity contribution in [1.29, 1.82) is 0 Å². The second-order valence-corrected chi connectivity index (χ2v) is 7.95. The van der Waals surface area contributed by atoms with Gasteiger partial charge in [0.15, 0.2) is 5.82 Å². The molecule has 152 valence electrons. The lowest BCUT2D eigenvalue weighted by Gasteiger charge is -2.34. The van der Waals surface area contributed by atoms with Crippen LogP contribution in [0.5, 0.6) is 0 Å². The van der Waals surface area contributed by atoms with Gasteiger partial charge in [-0.05, 0) is 25.0 Å². The van der Waals surface area contributed by atoms with Crippen LogP contribution in [0.25, 0.3) is 11.4 Å². The second kappa shape index (κ2) is 7.78. The number of fused-ring (bicyclic) bond motifs is 1. The molecule has 0 aliphatic carbocycles. The van der Waals surface area contributed by atoms with E-state index in [-0.39, 0.29) is 0 Å². The van der Waals surface area contributed by atoms with Gasteiger partial charge in [-0.3, -0.25) is 4.79 Å². The molecule has 1 aromatic heterocycles. The first-order chi connectivity index (χ1) is 14.7. The number of carbonyl (C=O) groups excluding carboxylic acids is 1. The molecule has 1 amide bonds. The first kappa shape index (κ1) is 18.6. The Kier molecular flexibility index (Phi) is 4.83. The number of para-hydroxylation sites is 1. The SMILES string of the molecule is CC1Cc2ccccc2N1c1cc(N2CCN(C=O)CC2)nc(-c2ccccc2)n1. The molecule has 0 radical (unpaired) electrons. The number of hydrogen-bond acceptors (Lipinski definition) is 5. The van der Waals surface area contributed by atoms with Crippen LogP contribution in [0, 0.1) is 0 Å². The molecular weight excluding hydrogens is 374 g/mol. The smallest absolute Gasteiger partial charge is 0.209 e. The fraction of sp³-hybridized carbons (Fsp3) is 0.292. The van der Waals surface area contributed by atoms with Gasteiger partial charge in [-0.1, -0.05) is 48.5 Å². The van der Waals surface area contributed by atoms with Gasteiger partial charge in [-0.25, -0.2) is 9.97 Å². The summed E-state index contributed by atoms with van der Waals surface area (Å²) in [4.78, 5) is 27.4. The third-order valence-corrected chi connectivity index (χ3v) is 5.97. The average molecular weight is 399 g/mol. The van der Waals surface area contributed by atoms with Gasteiger partial charge in [-0.2, -0.15) is 0 Å². The van der Waals surface area contributed by atoms with E-state index in [4.69, 9.17) is 9.97 Å². The predicted octanol–water partition coefficient (Wildman–Crippen LogP) is 3.50. The number of aromatic nitrogens is 2. The standard InChI is InChI=1S/C24H25N5O/c1-18-15-20-9-5-6-10-21(20)29(18)23-16-22(28-13-11-27(17-30)12-14-28)25-24(26-23)19-7-3-2-4-8-19/h2-10,16-18H,11-15H2,1H3. The number of anilines is 3. The van der Waals surface area contributed by atoms with Crippen LogP contribution in [0.1, 0.15) is 12.5 Å². The molecule has 6 heteroatoms. The minimum Gasteiger partial charge on any atom is -0.353 e.